The third kappa shape index (κ3) is 2.46. The van der Waals surface area contributed by atoms with Crippen LogP contribution in [0.15, 0.2) is 60.9 Å². The van der Waals surface area contributed by atoms with Gasteiger partial charge in [-0.25, -0.2) is 4.98 Å². The fraction of sp³-hybridized carbons (Fsp3) is 0.182. The van der Waals surface area contributed by atoms with E-state index >= 15 is 0 Å². The molecule has 2 aromatic carbocycles. The second-order valence-corrected chi connectivity index (χ2v) is 7.00. The third-order valence-electron chi connectivity index (χ3n) is 5.39. The molecule has 3 heterocycles. The highest BCUT2D eigenvalue weighted by Gasteiger charge is 2.21. The van der Waals surface area contributed by atoms with Gasteiger partial charge >= 0.3 is 0 Å². The Bertz CT molecular complexity index is 1160. The molecule has 1 aliphatic heterocycles. The molecule has 5 nitrogen and oxygen atoms in total. The molecule has 0 spiro atoms. The number of imidazole rings is 1. The van der Waals surface area contributed by atoms with E-state index in [1.54, 1.807) is 0 Å². The van der Waals surface area contributed by atoms with E-state index in [1.165, 1.54) is 12.8 Å². The number of hydrogen-bond acceptors (Lipinski definition) is 3. The molecule has 134 valence electrons. The van der Waals surface area contributed by atoms with Crippen molar-refractivity contribution < 1.29 is 4.79 Å². The molecular formula is C22H20N4O. The predicted octanol–water partition coefficient (Wildman–Crippen LogP) is 3.85. The van der Waals surface area contributed by atoms with Crippen LogP contribution in [0.4, 0.5) is 5.69 Å². The van der Waals surface area contributed by atoms with Gasteiger partial charge in [-0.2, -0.15) is 0 Å². The van der Waals surface area contributed by atoms with Crippen molar-refractivity contribution in [1.29, 1.82) is 0 Å². The van der Waals surface area contributed by atoms with Crippen molar-refractivity contribution in [3.05, 3.63) is 66.5 Å². The highest BCUT2D eigenvalue weighted by molar-refractivity contribution is 6.12. The lowest BCUT2D eigenvalue weighted by Crippen LogP contribution is -2.20. The molecule has 2 aromatic heterocycles. The first-order chi connectivity index (χ1) is 13.2. The van der Waals surface area contributed by atoms with E-state index in [0.717, 1.165) is 46.5 Å². The first-order valence-corrected chi connectivity index (χ1v) is 9.27. The molecule has 2 N–H and O–H groups in total. The van der Waals surface area contributed by atoms with Gasteiger partial charge in [0.2, 0.25) is 5.91 Å². The highest BCUT2D eigenvalue weighted by atomic mass is 16.1. The fourth-order valence-corrected chi connectivity index (χ4v) is 4.14. The summed E-state index contributed by atoms with van der Waals surface area (Å²) in [7, 11) is 0. The maximum Gasteiger partial charge on any atom is 0.249 e. The number of nitrogens with zero attached hydrogens (tertiary/aromatic N) is 3. The summed E-state index contributed by atoms with van der Waals surface area (Å²) in [5, 5.41) is 0.913. The summed E-state index contributed by atoms with van der Waals surface area (Å²) < 4.78 is 2.06. The molecule has 5 rings (SSSR count). The Hall–Kier alpha value is -3.34. The summed E-state index contributed by atoms with van der Waals surface area (Å²) in [5.41, 5.74) is 11.2. The number of fused-ring (bicyclic) bond motifs is 3. The van der Waals surface area contributed by atoms with Crippen LogP contribution in [-0.4, -0.2) is 28.4 Å². The van der Waals surface area contributed by atoms with E-state index in [-0.39, 0.29) is 0 Å². The van der Waals surface area contributed by atoms with Crippen LogP contribution in [0.1, 0.15) is 23.2 Å². The second-order valence-electron chi connectivity index (χ2n) is 7.00. The summed E-state index contributed by atoms with van der Waals surface area (Å²) >= 11 is 0. The van der Waals surface area contributed by atoms with Crippen molar-refractivity contribution >= 4 is 28.0 Å². The minimum Gasteiger partial charge on any atom is -0.371 e. The first kappa shape index (κ1) is 15.9. The topological polar surface area (TPSA) is 63.6 Å². The van der Waals surface area contributed by atoms with Crippen molar-refractivity contribution in [2.24, 2.45) is 5.73 Å². The summed E-state index contributed by atoms with van der Waals surface area (Å²) in [6, 6.07) is 18.1. The lowest BCUT2D eigenvalue weighted by Gasteiger charge is -2.21. The standard InChI is InChI=1S/C22H20N4O/c23-22(27)16-13-19-21(15-7-2-1-3-8-15)24-14-26(19)18-10-6-9-17(20(16)18)25-11-4-5-12-25/h1-3,6-10,13-14H,4-5,11-12H2,(H2,23,27). The van der Waals surface area contributed by atoms with Crippen LogP contribution in [-0.2, 0) is 0 Å². The molecule has 5 heteroatoms. The number of nitrogens with two attached hydrogens (primary N) is 1. The molecule has 1 amide bonds. The Kier molecular flexibility index (Phi) is 3.60. The summed E-state index contributed by atoms with van der Waals surface area (Å²) in [6.07, 6.45) is 4.18. The number of rotatable bonds is 3. The van der Waals surface area contributed by atoms with E-state index in [2.05, 4.69) is 20.4 Å². The van der Waals surface area contributed by atoms with E-state index in [4.69, 9.17) is 5.73 Å². The van der Waals surface area contributed by atoms with Crippen molar-refractivity contribution in [3.63, 3.8) is 0 Å². The molecular weight excluding hydrogens is 336 g/mol. The Morgan fingerprint density at radius 3 is 2.48 bits per heavy atom. The molecule has 1 fully saturated rings. The molecule has 27 heavy (non-hydrogen) atoms. The van der Waals surface area contributed by atoms with E-state index in [9.17, 15) is 4.79 Å². The van der Waals surface area contributed by atoms with Crippen LogP contribution in [0.3, 0.4) is 0 Å². The third-order valence-corrected chi connectivity index (χ3v) is 5.39. The average Bonchev–Trinajstić information content (AvgIpc) is 3.37. The zero-order valence-corrected chi connectivity index (χ0v) is 14.9. The smallest absolute Gasteiger partial charge is 0.249 e. The van der Waals surface area contributed by atoms with Gasteiger partial charge in [0.05, 0.1) is 22.3 Å². The molecule has 0 saturated carbocycles. The maximum atomic E-state index is 12.4. The second kappa shape index (κ2) is 6.13. The number of pyridine rings is 1. The number of aromatic nitrogens is 2. The van der Waals surface area contributed by atoms with Gasteiger partial charge in [-0.3, -0.25) is 9.20 Å². The van der Waals surface area contributed by atoms with Gasteiger partial charge in [-0.05, 0) is 31.0 Å². The number of amides is 1. The van der Waals surface area contributed by atoms with Gasteiger partial charge in [0.1, 0.15) is 6.33 Å². The Morgan fingerprint density at radius 1 is 0.963 bits per heavy atom. The van der Waals surface area contributed by atoms with Gasteiger partial charge in [-0.15, -0.1) is 0 Å². The first-order valence-electron chi connectivity index (χ1n) is 9.27. The van der Waals surface area contributed by atoms with Gasteiger partial charge in [0.15, 0.2) is 0 Å². The van der Waals surface area contributed by atoms with Crippen LogP contribution in [0.5, 0.6) is 0 Å². The van der Waals surface area contributed by atoms with Gasteiger partial charge in [0.25, 0.3) is 0 Å². The van der Waals surface area contributed by atoms with Gasteiger partial charge in [-0.1, -0.05) is 36.4 Å². The number of benzene rings is 2. The monoisotopic (exact) mass is 356 g/mol. The molecule has 0 atom stereocenters. The van der Waals surface area contributed by atoms with Crippen LogP contribution in [0, 0.1) is 0 Å². The Morgan fingerprint density at radius 2 is 1.74 bits per heavy atom. The SMILES string of the molecule is NC(=O)c1cc2c(-c3ccccc3)ncn2c2cccc(N3CCCC3)c12. The van der Waals surface area contributed by atoms with Crippen molar-refractivity contribution in [2.75, 3.05) is 18.0 Å². The lowest BCUT2D eigenvalue weighted by molar-refractivity contribution is 0.100. The molecule has 4 aromatic rings. The molecule has 1 aliphatic rings. The fourth-order valence-electron chi connectivity index (χ4n) is 4.14. The number of primary amides is 1. The predicted molar refractivity (Wildman–Crippen MR) is 108 cm³/mol. The number of hydrogen-bond donors (Lipinski definition) is 1. The van der Waals surface area contributed by atoms with E-state index in [0.29, 0.717) is 5.56 Å². The van der Waals surface area contributed by atoms with Gasteiger partial charge < -0.3 is 10.6 Å². The van der Waals surface area contributed by atoms with Crippen molar-refractivity contribution in [3.8, 4) is 11.3 Å². The normalized spacial score (nSPS) is 14.3. The van der Waals surface area contributed by atoms with Crippen LogP contribution < -0.4 is 10.6 Å². The minimum atomic E-state index is -0.408. The number of carbonyl (C=O) groups excluding carboxylic acids is 1. The molecule has 0 unspecified atom stereocenters. The maximum absolute atomic E-state index is 12.4. The average molecular weight is 356 g/mol. The van der Waals surface area contributed by atoms with Crippen LogP contribution in [0.25, 0.3) is 27.7 Å². The summed E-state index contributed by atoms with van der Waals surface area (Å²) in [4.78, 5) is 19.4. The van der Waals surface area contributed by atoms with E-state index < -0.39 is 5.91 Å². The summed E-state index contributed by atoms with van der Waals surface area (Å²) in [5.74, 6) is -0.408. The van der Waals surface area contributed by atoms with Gasteiger partial charge in [0, 0.05) is 29.7 Å². The Balaban J connectivity index is 1.85. The lowest BCUT2D eigenvalue weighted by atomic mass is 10.0. The highest BCUT2D eigenvalue weighted by Crippen LogP contribution is 2.35. The molecule has 1 saturated heterocycles. The zero-order valence-electron chi connectivity index (χ0n) is 14.9. The van der Waals surface area contributed by atoms with Crippen molar-refractivity contribution in [1.82, 2.24) is 9.38 Å². The quantitative estimate of drug-likeness (QED) is 0.606. The van der Waals surface area contributed by atoms with Crippen molar-refractivity contribution in [2.45, 2.75) is 12.8 Å². The largest absolute Gasteiger partial charge is 0.371 e. The van der Waals surface area contributed by atoms with Crippen LogP contribution >= 0.6 is 0 Å². The molecule has 0 aliphatic carbocycles. The summed E-state index contributed by atoms with van der Waals surface area (Å²) in [6.45, 7) is 2.02. The molecule has 0 radical (unpaired) electrons. The Labute approximate surface area is 157 Å². The van der Waals surface area contributed by atoms with Crippen LogP contribution in [0.2, 0.25) is 0 Å². The molecule has 0 bridgehead atoms. The minimum absolute atomic E-state index is 0.408. The van der Waals surface area contributed by atoms with E-state index in [1.807, 2.05) is 54.9 Å². The number of anilines is 1. The number of carbonyl (C=O) groups is 1. The zero-order chi connectivity index (χ0) is 18.4.